The second-order valence-corrected chi connectivity index (χ2v) is 5.68. The summed E-state index contributed by atoms with van der Waals surface area (Å²) >= 11 is 1.15. The van der Waals surface area contributed by atoms with Crippen LogP contribution in [-0.2, 0) is 0 Å². The molecule has 0 radical (unpaired) electrons. The molecule has 1 aromatic carbocycles. The first-order chi connectivity index (χ1) is 11.5. The monoisotopic (exact) mass is 351 g/mol. The Bertz CT molecular complexity index is 823. The van der Waals surface area contributed by atoms with Gasteiger partial charge in [0.2, 0.25) is 0 Å². The zero-order valence-corrected chi connectivity index (χ0v) is 14.0. The first-order valence-corrected chi connectivity index (χ1v) is 8.44. The lowest BCUT2D eigenvalue weighted by Gasteiger charge is -2.10. The largest absolute Gasteiger partial charge is 0.488 e. The van der Waals surface area contributed by atoms with Crippen LogP contribution in [0.4, 0.5) is 8.78 Å². The molecule has 1 heterocycles. The summed E-state index contributed by atoms with van der Waals surface area (Å²) in [5, 5.41) is 9.38. The number of benzene rings is 1. The van der Waals surface area contributed by atoms with Crippen LogP contribution in [0.15, 0.2) is 22.1 Å². The summed E-state index contributed by atoms with van der Waals surface area (Å²) in [6.45, 7) is 2.14. The Morgan fingerprint density at radius 2 is 2.04 bits per heavy atom. The van der Waals surface area contributed by atoms with Gasteiger partial charge in [0.05, 0.1) is 12.3 Å². The first kappa shape index (κ1) is 17.9. The number of halogens is 2. The summed E-state index contributed by atoms with van der Waals surface area (Å²) in [4.78, 5) is 18.4. The molecule has 0 aliphatic carbocycles. The quantitative estimate of drug-likeness (QED) is 0.490. The van der Waals surface area contributed by atoms with Crippen molar-refractivity contribution in [3.8, 4) is 23.1 Å². The molecule has 1 N–H and O–H groups in total. The van der Waals surface area contributed by atoms with Gasteiger partial charge in [0, 0.05) is 5.56 Å². The third-order valence-corrected chi connectivity index (χ3v) is 3.80. The van der Waals surface area contributed by atoms with Crippen molar-refractivity contribution in [3.63, 3.8) is 0 Å². The zero-order valence-electron chi connectivity index (χ0n) is 13.2. The van der Waals surface area contributed by atoms with Crippen LogP contribution in [0, 0.1) is 23.0 Å². The van der Waals surface area contributed by atoms with E-state index in [0.717, 1.165) is 30.3 Å². The molecule has 0 atom stereocenters. The van der Waals surface area contributed by atoms with Gasteiger partial charge in [0.1, 0.15) is 11.6 Å². The van der Waals surface area contributed by atoms with Gasteiger partial charge in [0.25, 0.3) is 5.56 Å². The Balaban J connectivity index is 2.53. The van der Waals surface area contributed by atoms with E-state index in [1.807, 2.05) is 6.92 Å². The Morgan fingerprint density at radius 1 is 1.38 bits per heavy atom. The summed E-state index contributed by atoms with van der Waals surface area (Å²) in [7, 11) is 0. The van der Waals surface area contributed by atoms with Crippen molar-refractivity contribution in [1.29, 1.82) is 5.26 Å². The number of nitrogens with one attached hydrogen (secondary N) is 1. The Morgan fingerprint density at radius 3 is 2.58 bits per heavy atom. The number of rotatable bonds is 6. The number of aromatic amines is 1. The molecular formula is C16H15F2N3O2S. The number of ether oxygens (including phenoxy) is 1. The van der Waals surface area contributed by atoms with Crippen molar-refractivity contribution in [2.75, 3.05) is 12.9 Å². The smallest absolute Gasteiger partial charge is 0.270 e. The molecule has 0 saturated carbocycles. The molecule has 1 aromatic heterocycles. The van der Waals surface area contributed by atoms with Crippen LogP contribution < -0.4 is 10.3 Å². The third-order valence-electron chi connectivity index (χ3n) is 3.22. The van der Waals surface area contributed by atoms with E-state index in [1.165, 1.54) is 0 Å². The van der Waals surface area contributed by atoms with E-state index in [9.17, 15) is 13.6 Å². The molecule has 0 unspecified atom stereocenters. The lowest BCUT2D eigenvalue weighted by Crippen LogP contribution is -2.14. The maximum atomic E-state index is 14.2. The Labute approximate surface area is 141 Å². The second-order valence-electron chi connectivity index (χ2n) is 4.88. The van der Waals surface area contributed by atoms with E-state index < -0.39 is 22.9 Å². The molecule has 0 amide bonds. The van der Waals surface area contributed by atoms with Gasteiger partial charge in [-0.3, -0.25) is 4.79 Å². The van der Waals surface area contributed by atoms with Crippen molar-refractivity contribution < 1.29 is 13.5 Å². The van der Waals surface area contributed by atoms with Gasteiger partial charge >= 0.3 is 0 Å². The van der Waals surface area contributed by atoms with Crippen LogP contribution in [0.3, 0.4) is 0 Å². The minimum absolute atomic E-state index is 0.00536. The zero-order chi connectivity index (χ0) is 17.7. The van der Waals surface area contributed by atoms with Crippen LogP contribution >= 0.6 is 11.8 Å². The summed E-state index contributed by atoms with van der Waals surface area (Å²) in [5.74, 6) is -2.28. The van der Waals surface area contributed by atoms with E-state index >= 15 is 0 Å². The molecule has 24 heavy (non-hydrogen) atoms. The average Bonchev–Trinajstić information content (AvgIpc) is 2.56. The highest BCUT2D eigenvalue weighted by atomic mass is 32.2. The fourth-order valence-corrected chi connectivity index (χ4v) is 2.39. The van der Waals surface area contributed by atoms with Crippen molar-refractivity contribution >= 4 is 11.8 Å². The van der Waals surface area contributed by atoms with Crippen LogP contribution in [0.25, 0.3) is 11.3 Å². The number of hydrogen-bond donors (Lipinski definition) is 1. The van der Waals surface area contributed by atoms with E-state index in [-0.39, 0.29) is 28.6 Å². The normalized spacial score (nSPS) is 10.5. The second kappa shape index (κ2) is 7.93. The van der Waals surface area contributed by atoms with E-state index in [4.69, 9.17) is 10.00 Å². The highest BCUT2D eigenvalue weighted by molar-refractivity contribution is 7.98. The number of hydrogen-bond acceptors (Lipinski definition) is 5. The highest BCUT2D eigenvalue weighted by Gasteiger charge is 2.18. The van der Waals surface area contributed by atoms with Crippen molar-refractivity contribution in [1.82, 2.24) is 9.97 Å². The molecular weight excluding hydrogens is 336 g/mol. The SMILES string of the molecule is CCCCOc1c(F)cc(-c2nc(SC)[nH]c(=O)c2C#N)cc1F. The molecule has 0 aliphatic heterocycles. The molecule has 5 nitrogen and oxygen atoms in total. The fourth-order valence-electron chi connectivity index (χ4n) is 2.01. The minimum Gasteiger partial charge on any atom is -0.488 e. The van der Waals surface area contributed by atoms with Crippen molar-refractivity contribution in [3.05, 3.63) is 39.7 Å². The molecule has 2 aromatic rings. The molecule has 0 saturated heterocycles. The Kier molecular flexibility index (Phi) is 5.93. The van der Waals surface area contributed by atoms with E-state index in [0.29, 0.717) is 6.42 Å². The number of H-pyrrole nitrogens is 1. The van der Waals surface area contributed by atoms with Gasteiger partial charge in [-0.2, -0.15) is 5.26 Å². The predicted octanol–water partition coefficient (Wildman–Crippen LogP) is 3.49. The van der Waals surface area contributed by atoms with Gasteiger partial charge in [-0.05, 0) is 24.8 Å². The van der Waals surface area contributed by atoms with Gasteiger partial charge in [-0.25, -0.2) is 13.8 Å². The molecule has 0 spiro atoms. The topological polar surface area (TPSA) is 78.8 Å². The average molecular weight is 351 g/mol. The third kappa shape index (κ3) is 3.74. The molecule has 0 fully saturated rings. The number of nitrogens with zero attached hydrogens (tertiary/aromatic N) is 2. The van der Waals surface area contributed by atoms with Crippen LogP contribution in [0.5, 0.6) is 5.75 Å². The van der Waals surface area contributed by atoms with Gasteiger partial charge in [-0.15, -0.1) is 0 Å². The lowest BCUT2D eigenvalue weighted by atomic mass is 10.1. The summed E-state index contributed by atoms with van der Waals surface area (Å²) in [6, 6.07) is 3.74. The molecule has 0 aliphatic rings. The van der Waals surface area contributed by atoms with Crippen molar-refractivity contribution in [2.24, 2.45) is 0 Å². The fraction of sp³-hybridized carbons (Fsp3) is 0.312. The number of thioether (sulfide) groups is 1. The van der Waals surface area contributed by atoms with E-state index in [2.05, 4.69) is 9.97 Å². The minimum atomic E-state index is -0.905. The lowest BCUT2D eigenvalue weighted by molar-refractivity contribution is 0.279. The molecule has 2 rings (SSSR count). The summed E-state index contributed by atoms with van der Waals surface area (Å²) < 4.78 is 33.5. The van der Waals surface area contributed by atoms with Crippen LogP contribution in [0.1, 0.15) is 25.3 Å². The Hall–Kier alpha value is -2.40. The predicted molar refractivity (Wildman–Crippen MR) is 87.1 cm³/mol. The van der Waals surface area contributed by atoms with E-state index in [1.54, 1.807) is 12.3 Å². The number of nitriles is 1. The number of aromatic nitrogens is 2. The van der Waals surface area contributed by atoms with Gasteiger partial charge < -0.3 is 9.72 Å². The van der Waals surface area contributed by atoms with Crippen molar-refractivity contribution in [2.45, 2.75) is 24.9 Å². The highest BCUT2D eigenvalue weighted by Crippen LogP contribution is 2.29. The first-order valence-electron chi connectivity index (χ1n) is 7.22. The van der Waals surface area contributed by atoms with Gasteiger partial charge in [0.15, 0.2) is 22.5 Å². The number of unbranched alkanes of at least 4 members (excludes halogenated alkanes) is 1. The molecule has 126 valence electrons. The van der Waals surface area contributed by atoms with Crippen LogP contribution in [0.2, 0.25) is 0 Å². The van der Waals surface area contributed by atoms with Crippen LogP contribution in [-0.4, -0.2) is 22.8 Å². The maximum absolute atomic E-state index is 14.2. The standard InChI is InChI=1S/C16H15F2N3O2S/c1-3-4-5-23-14-11(17)6-9(7-12(14)18)13-10(8-19)15(22)21-16(20-13)24-2/h6-7H,3-5H2,1-2H3,(H,20,21,22). The summed E-state index contributed by atoms with van der Waals surface area (Å²) in [6.07, 6.45) is 3.19. The maximum Gasteiger partial charge on any atom is 0.270 e. The molecule has 0 bridgehead atoms. The van der Waals surface area contributed by atoms with Gasteiger partial charge in [-0.1, -0.05) is 25.1 Å². The summed E-state index contributed by atoms with van der Waals surface area (Å²) in [5.41, 5.74) is -1.02. The molecule has 8 heteroatoms.